The Bertz CT molecular complexity index is 902. The first-order valence-electron chi connectivity index (χ1n) is 8.45. The average molecular weight is 353 g/mol. The fraction of sp³-hybridized carbons (Fsp3) is 0.238. The van der Waals surface area contributed by atoms with Gasteiger partial charge in [-0.15, -0.1) is 0 Å². The molecular formula is C21H21ClN2O. The predicted octanol–water partition coefficient (Wildman–Crippen LogP) is 4.81. The normalized spacial score (nSPS) is 11.0. The van der Waals surface area contributed by atoms with Crippen molar-refractivity contribution in [1.82, 2.24) is 9.55 Å². The van der Waals surface area contributed by atoms with Gasteiger partial charge < -0.3 is 4.57 Å². The lowest BCUT2D eigenvalue weighted by Crippen LogP contribution is -2.28. The first-order valence-corrected chi connectivity index (χ1v) is 8.82. The molecule has 1 aromatic heterocycles. The highest BCUT2D eigenvalue weighted by Gasteiger charge is 2.17. The number of nitrogens with zero attached hydrogens (tertiary/aromatic N) is 2. The molecule has 0 N–H and O–H groups in total. The van der Waals surface area contributed by atoms with Crippen LogP contribution in [0.4, 0.5) is 0 Å². The molecule has 1 heterocycles. The Kier molecular flexibility index (Phi) is 5.34. The molecule has 3 nitrogen and oxygen atoms in total. The smallest absolute Gasteiger partial charge is 0.277 e. The minimum Gasteiger partial charge on any atom is -0.303 e. The zero-order valence-electron chi connectivity index (χ0n) is 14.4. The van der Waals surface area contributed by atoms with E-state index in [0.29, 0.717) is 29.7 Å². The summed E-state index contributed by atoms with van der Waals surface area (Å²) >= 11 is 6.50. The van der Waals surface area contributed by atoms with Crippen LogP contribution in [0.5, 0.6) is 0 Å². The Balaban J connectivity index is 2.17. The number of rotatable bonds is 5. The van der Waals surface area contributed by atoms with E-state index in [4.69, 9.17) is 11.6 Å². The Morgan fingerprint density at radius 2 is 1.60 bits per heavy atom. The van der Waals surface area contributed by atoms with Crippen molar-refractivity contribution in [3.05, 3.63) is 87.4 Å². The summed E-state index contributed by atoms with van der Waals surface area (Å²) in [5, 5.41) is 0.406. The van der Waals surface area contributed by atoms with Crippen LogP contribution >= 0.6 is 11.6 Å². The van der Waals surface area contributed by atoms with Crippen molar-refractivity contribution in [3.63, 3.8) is 0 Å². The molecule has 2 aromatic carbocycles. The number of hydrogen-bond acceptors (Lipinski definition) is 2. The molecule has 0 spiro atoms. The van der Waals surface area contributed by atoms with Crippen molar-refractivity contribution in [2.24, 2.45) is 5.92 Å². The number of benzene rings is 2. The van der Waals surface area contributed by atoms with Gasteiger partial charge in [-0.2, -0.15) is 0 Å². The summed E-state index contributed by atoms with van der Waals surface area (Å²) < 4.78 is 1.77. The first kappa shape index (κ1) is 17.4. The van der Waals surface area contributed by atoms with Crippen LogP contribution in [0, 0.1) is 5.92 Å². The van der Waals surface area contributed by atoms with E-state index < -0.39 is 0 Å². The van der Waals surface area contributed by atoms with E-state index in [-0.39, 0.29) is 5.56 Å². The molecule has 4 heteroatoms. The summed E-state index contributed by atoms with van der Waals surface area (Å²) in [5.41, 5.74) is 2.94. The molecule has 0 bridgehead atoms. The molecule has 0 radical (unpaired) electrons. The summed E-state index contributed by atoms with van der Waals surface area (Å²) in [6.07, 6.45) is 0.711. The summed E-state index contributed by atoms with van der Waals surface area (Å²) in [4.78, 5) is 17.6. The fourth-order valence-corrected chi connectivity index (χ4v) is 3.13. The molecule has 0 saturated heterocycles. The molecule has 0 aliphatic heterocycles. The summed E-state index contributed by atoms with van der Waals surface area (Å²) in [7, 11) is 0. The topological polar surface area (TPSA) is 34.9 Å². The zero-order chi connectivity index (χ0) is 17.8. The summed E-state index contributed by atoms with van der Waals surface area (Å²) in [6.45, 7) is 4.71. The molecule has 0 aliphatic carbocycles. The lowest BCUT2D eigenvalue weighted by molar-refractivity contribution is 0.586. The van der Waals surface area contributed by atoms with Crippen molar-refractivity contribution in [1.29, 1.82) is 0 Å². The van der Waals surface area contributed by atoms with Gasteiger partial charge in [0.2, 0.25) is 0 Å². The Labute approximate surface area is 152 Å². The van der Waals surface area contributed by atoms with Crippen LogP contribution in [0.15, 0.2) is 65.5 Å². The van der Waals surface area contributed by atoms with Crippen LogP contribution in [0.3, 0.4) is 0 Å². The van der Waals surface area contributed by atoms with E-state index in [1.54, 1.807) is 4.57 Å². The Morgan fingerprint density at radius 1 is 1.00 bits per heavy atom. The first-order chi connectivity index (χ1) is 12.1. The second kappa shape index (κ2) is 7.66. The standard InChI is InChI=1S/C21H21ClN2O/c1-15(2)13-18-20(22)23-19(17-11-7-4-8-12-17)21(25)24(18)14-16-9-5-3-6-10-16/h3-12,15H,13-14H2,1-2H3. The van der Waals surface area contributed by atoms with Crippen molar-refractivity contribution in [3.8, 4) is 11.3 Å². The van der Waals surface area contributed by atoms with Crippen molar-refractivity contribution in [2.45, 2.75) is 26.8 Å². The second-order valence-corrected chi connectivity index (χ2v) is 6.90. The summed E-state index contributed by atoms with van der Waals surface area (Å²) in [6, 6.07) is 19.4. The van der Waals surface area contributed by atoms with E-state index in [9.17, 15) is 4.79 Å². The number of hydrogen-bond donors (Lipinski definition) is 0. The maximum atomic E-state index is 13.2. The number of halogens is 1. The SMILES string of the molecule is CC(C)Cc1c(Cl)nc(-c2ccccc2)c(=O)n1Cc1ccccc1. The third-order valence-electron chi connectivity index (χ3n) is 4.05. The lowest BCUT2D eigenvalue weighted by Gasteiger charge is -2.17. The van der Waals surface area contributed by atoms with Gasteiger partial charge in [0.1, 0.15) is 10.8 Å². The van der Waals surface area contributed by atoms with Gasteiger partial charge >= 0.3 is 0 Å². The van der Waals surface area contributed by atoms with Gasteiger partial charge in [0, 0.05) is 5.56 Å². The van der Waals surface area contributed by atoms with E-state index in [2.05, 4.69) is 18.8 Å². The highest BCUT2D eigenvalue weighted by molar-refractivity contribution is 6.30. The van der Waals surface area contributed by atoms with Crippen LogP contribution in [0.1, 0.15) is 25.1 Å². The Hall–Kier alpha value is -2.39. The molecule has 128 valence electrons. The zero-order valence-corrected chi connectivity index (χ0v) is 15.2. The molecule has 3 rings (SSSR count). The van der Waals surface area contributed by atoms with Gasteiger partial charge in [-0.05, 0) is 17.9 Å². The van der Waals surface area contributed by atoms with Crippen LogP contribution in [-0.4, -0.2) is 9.55 Å². The second-order valence-electron chi connectivity index (χ2n) is 6.54. The van der Waals surface area contributed by atoms with E-state index in [1.165, 1.54) is 0 Å². The van der Waals surface area contributed by atoms with E-state index >= 15 is 0 Å². The third kappa shape index (κ3) is 3.99. The molecule has 0 unspecified atom stereocenters. The van der Waals surface area contributed by atoms with E-state index in [0.717, 1.165) is 16.8 Å². The quantitative estimate of drug-likeness (QED) is 0.660. The highest BCUT2D eigenvalue weighted by atomic mass is 35.5. The van der Waals surface area contributed by atoms with Crippen molar-refractivity contribution >= 4 is 11.6 Å². The molecule has 0 amide bonds. The number of aromatic nitrogens is 2. The van der Waals surface area contributed by atoms with Crippen LogP contribution in [0.25, 0.3) is 11.3 Å². The molecule has 25 heavy (non-hydrogen) atoms. The van der Waals surface area contributed by atoms with Crippen LogP contribution in [-0.2, 0) is 13.0 Å². The maximum absolute atomic E-state index is 13.2. The molecule has 0 atom stereocenters. The highest BCUT2D eigenvalue weighted by Crippen LogP contribution is 2.21. The maximum Gasteiger partial charge on any atom is 0.277 e. The third-order valence-corrected chi connectivity index (χ3v) is 4.36. The Morgan fingerprint density at radius 3 is 2.20 bits per heavy atom. The van der Waals surface area contributed by atoms with Crippen molar-refractivity contribution < 1.29 is 0 Å². The van der Waals surface area contributed by atoms with Crippen LogP contribution < -0.4 is 5.56 Å². The largest absolute Gasteiger partial charge is 0.303 e. The molecular weight excluding hydrogens is 332 g/mol. The average Bonchev–Trinajstić information content (AvgIpc) is 2.62. The van der Waals surface area contributed by atoms with Gasteiger partial charge in [0.25, 0.3) is 5.56 Å². The van der Waals surface area contributed by atoms with Gasteiger partial charge in [-0.1, -0.05) is 86.1 Å². The minimum atomic E-state index is -0.102. The molecule has 0 aliphatic rings. The lowest BCUT2D eigenvalue weighted by atomic mass is 10.1. The minimum absolute atomic E-state index is 0.102. The molecule has 3 aromatic rings. The van der Waals surface area contributed by atoms with E-state index in [1.807, 2.05) is 60.7 Å². The molecule has 0 saturated carbocycles. The predicted molar refractivity (Wildman–Crippen MR) is 103 cm³/mol. The van der Waals surface area contributed by atoms with Gasteiger partial charge in [0.15, 0.2) is 0 Å². The fourth-order valence-electron chi connectivity index (χ4n) is 2.87. The van der Waals surface area contributed by atoms with Crippen molar-refractivity contribution in [2.75, 3.05) is 0 Å². The monoisotopic (exact) mass is 352 g/mol. The molecule has 0 fully saturated rings. The van der Waals surface area contributed by atoms with Crippen LogP contribution in [0.2, 0.25) is 5.15 Å². The summed E-state index contributed by atoms with van der Waals surface area (Å²) in [5.74, 6) is 0.378. The van der Waals surface area contributed by atoms with Gasteiger partial charge in [0.05, 0.1) is 12.2 Å². The van der Waals surface area contributed by atoms with Gasteiger partial charge in [-0.3, -0.25) is 4.79 Å². The van der Waals surface area contributed by atoms with Gasteiger partial charge in [-0.25, -0.2) is 4.98 Å².